The van der Waals surface area contributed by atoms with Crippen molar-refractivity contribution in [3.05, 3.63) is 0 Å². The first kappa shape index (κ1) is 6.37. The van der Waals surface area contributed by atoms with Gasteiger partial charge in [0.15, 0.2) is 0 Å². The Kier molecular flexibility index (Phi) is 2.64. The Balaban J connectivity index is 2.06. The zero-order valence-electron chi connectivity index (χ0n) is 4.99. The Morgan fingerprint density at radius 2 is 2.50 bits per heavy atom. The highest BCUT2D eigenvalue weighted by Gasteiger charge is 2.12. The first-order valence-electron chi connectivity index (χ1n) is 3.20. The average Bonchev–Trinajstić information content (AvgIpc) is 2.19. The van der Waals surface area contributed by atoms with Crippen LogP contribution in [0.3, 0.4) is 0 Å². The Morgan fingerprint density at radius 3 is 3.00 bits per heavy atom. The molecule has 0 aliphatic carbocycles. The van der Waals surface area contributed by atoms with Crippen LogP contribution < -0.4 is 5.32 Å². The zero-order valence-corrected chi connectivity index (χ0v) is 5.75. The molecule has 1 nitrogen and oxygen atoms in total. The van der Waals surface area contributed by atoms with E-state index in [9.17, 15) is 0 Å². The van der Waals surface area contributed by atoms with E-state index in [0.717, 1.165) is 11.8 Å². The summed E-state index contributed by atoms with van der Waals surface area (Å²) in [6.45, 7) is 2.38. The van der Waals surface area contributed by atoms with E-state index in [4.69, 9.17) is 11.6 Å². The maximum Gasteiger partial charge on any atom is 0.0226 e. The van der Waals surface area contributed by atoms with Crippen LogP contribution in [0.2, 0.25) is 0 Å². The van der Waals surface area contributed by atoms with Crippen molar-refractivity contribution in [2.75, 3.05) is 19.0 Å². The average molecular weight is 134 g/mol. The van der Waals surface area contributed by atoms with Crippen LogP contribution in [0, 0.1) is 5.92 Å². The van der Waals surface area contributed by atoms with Crippen LogP contribution in [-0.2, 0) is 0 Å². The summed E-state index contributed by atoms with van der Waals surface area (Å²) in [4.78, 5) is 0. The third kappa shape index (κ3) is 1.64. The van der Waals surface area contributed by atoms with Crippen LogP contribution in [0.5, 0.6) is 0 Å². The molecule has 8 heavy (non-hydrogen) atoms. The van der Waals surface area contributed by atoms with Crippen molar-refractivity contribution < 1.29 is 0 Å². The summed E-state index contributed by atoms with van der Waals surface area (Å²) in [5, 5.41) is 3.30. The fourth-order valence-electron chi connectivity index (χ4n) is 1.12. The highest BCUT2D eigenvalue weighted by Crippen LogP contribution is 2.11. The van der Waals surface area contributed by atoms with Gasteiger partial charge in [0.2, 0.25) is 0 Å². The van der Waals surface area contributed by atoms with Gasteiger partial charge in [-0.15, -0.1) is 11.6 Å². The second-order valence-electron chi connectivity index (χ2n) is 2.34. The van der Waals surface area contributed by atoms with E-state index in [2.05, 4.69) is 5.32 Å². The van der Waals surface area contributed by atoms with Crippen LogP contribution in [0.25, 0.3) is 0 Å². The molecule has 0 saturated carbocycles. The lowest BCUT2D eigenvalue weighted by Gasteiger charge is -2.01. The quantitative estimate of drug-likeness (QED) is 0.559. The predicted octanol–water partition coefficient (Wildman–Crippen LogP) is 1.22. The first-order chi connectivity index (χ1) is 3.93. The van der Waals surface area contributed by atoms with Gasteiger partial charge in [-0.1, -0.05) is 0 Å². The minimum atomic E-state index is 0.826. The fourth-order valence-corrected chi connectivity index (χ4v) is 1.42. The summed E-state index contributed by atoms with van der Waals surface area (Å²) in [5.74, 6) is 1.69. The normalized spacial score (nSPS) is 28.9. The number of hydrogen-bond donors (Lipinski definition) is 1. The molecule has 0 bridgehead atoms. The highest BCUT2D eigenvalue weighted by molar-refractivity contribution is 6.17. The Morgan fingerprint density at radius 1 is 1.62 bits per heavy atom. The van der Waals surface area contributed by atoms with Crippen molar-refractivity contribution in [1.29, 1.82) is 0 Å². The zero-order chi connectivity index (χ0) is 5.82. The molecule has 1 rings (SSSR count). The lowest BCUT2D eigenvalue weighted by molar-refractivity contribution is 0.566. The SMILES string of the molecule is ClCC[C@@H]1CCNC1. The molecule has 1 atom stereocenters. The minimum absolute atomic E-state index is 0.826. The molecule has 1 N–H and O–H groups in total. The van der Waals surface area contributed by atoms with E-state index in [-0.39, 0.29) is 0 Å². The third-order valence-corrected chi connectivity index (χ3v) is 1.90. The van der Waals surface area contributed by atoms with Crippen molar-refractivity contribution in [2.24, 2.45) is 5.92 Å². The molecular weight excluding hydrogens is 122 g/mol. The summed E-state index contributed by atoms with van der Waals surface area (Å²) in [5.41, 5.74) is 0. The molecule has 1 fully saturated rings. The van der Waals surface area contributed by atoms with Crippen LogP contribution in [0.1, 0.15) is 12.8 Å². The van der Waals surface area contributed by atoms with Crippen molar-refractivity contribution in [2.45, 2.75) is 12.8 Å². The molecule has 1 aliphatic rings. The van der Waals surface area contributed by atoms with E-state index in [1.165, 1.54) is 25.9 Å². The van der Waals surface area contributed by atoms with Crippen molar-refractivity contribution in [3.8, 4) is 0 Å². The fraction of sp³-hybridized carbons (Fsp3) is 1.00. The van der Waals surface area contributed by atoms with Crippen LogP contribution in [0.4, 0.5) is 0 Å². The summed E-state index contributed by atoms with van der Waals surface area (Å²) in [6, 6.07) is 0. The standard InChI is InChI=1S/C6H12ClN/c7-3-1-6-2-4-8-5-6/h6,8H,1-5H2/t6-/m1/s1. The van der Waals surface area contributed by atoms with E-state index in [1.54, 1.807) is 0 Å². The highest BCUT2D eigenvalue weighted by atomic mass is 35.5. The van der Waals surface area contributed by atoms with Crippen LogP contribution in [0.15, 0.2) is 0 Å². The lowest BCUT2D eigenvalue weighted by Crippen LogP contribution is -2.08. The summed E-state index contributed by atoms with van der Waals surface area (Å²) in [7, 11) is 0. The summed E-state index contributed by atoms with van der Waals surface area (Å²) < 4.78 is 0. The van der Waals surface area contributed by atoms with Gasteiger partial charge in [0.25, 0.3) is 0 Å². The smallest absolute Gasteiger partial charge is 0.0226 e. The topological polar surface area (TPSA) is 12.0 Å². The van der Waals surface area contributed by atoms with Gasteiger partial charge in [0.05, 0.1) is 0 Å². The van der Waals surface area contributed by atoms with Gasteiger partial charge in [0, 0.05) is 5.88 Å². The molecule has 2 heteroatoms. The second-order valence-corrected chi connectivity index (χ2v) is 2.71. The molecule has 0 aromatic heterocycles. The molecule has 0 aromatic carbocycles. The van der Waals surface area contributed by atoms with Crippen molar-refractivity contribution in [3.63, 3.8) is 0 Å². The monoisotopic (exact) mass is 133 g/mol. The van der Waals surface area contributed by atoms with Crippen molar-refractivity contribution >= 4 is 11.6 Å². The van der Waals surface area contributed by atoms with E-state index in [1.807, 2.05) is 0 Å². The number of halogens is 1. The van der Waals surface area contributed by atoms with E-state index < -0.39 is 0 Å². The summed E-state index contributed by atoms with van der Waals surface area (Å²) >= 11 is 5.55. The van der Waals surface area contributed by atoms with Crippen molar-refractivity contribution in [1.82, 2.24) is 5.32 Å². The third-order valence-electron chi connectivity index (χ3n) is 1.68. The van der Waals surface area contributed by atoms with Gasteiger partial charge in [-0.05, 0) is 31.8 Å². The van der Waals surface area contributed by atoms with E-state index >= 15 is 0 Å². The molecular formula is C6H12ClN. The van der Waals surface area contributed by atoms with E-state index in [0.29, 0.717) is 0 Å². The molecule has 0 amide bonds. The summed E-state index contributed by atoms with van der Waals surface area (Å²) in [6.07, 6.45) is 2.52. The van der Waals surface area contributed by atoms with Gasteiger partial charge in [-0.25, -0.2) is 0 Å². The first-order valence-corrected chi connectivity index (χ1v) is 3.73. The molecule has 0 aromatic rings. The second kappa shape index (κ2) is 3.31. The maximum atomic E-state index is 5.55. The lowest BCUT2D eigenvalue weighted by atomic mass is 10.1. The van der Waals surface area contributed by atoms with Gasteiger partial charge in [-0.3, -0.25) is 0 Å². The number of rotatable bonds is 2. The molecule has 48 valence electrons. The molecule has 1 aliphatic heterocycles. The van der Waals surface area contributed by atoms with Gasteiger partial charge >= 0.3 is 0 Å². The molecule has 0 spiro atoms. The minimum Gasteiger partial charge on any atom is -0.316 e. The maximum absolute atomic E-state index is 5.55. The Hall–Kier alpha value is 0.250. The Labute approximate surface area is 55.4 Å². The molecule has 1 saturated heterocycles. The molecule has 0 radical (unpaired) electrons. The number of nitrogens with one attached hydrogen (secondary N) is 1. The number of hydrogen-bond acceptors (Lipinski definition) is 1. The molecule has 1 heterocycles. The Bertz CT molecular complexity index is 59.5. The number of alkyl halides is 1. The van der Waals surface area contributed by atoms with Gasteiger partial charge in [0.1, 0.15) is 0 Å². The van der Waals surface area contributed by atoms with Gasteiger partial charge in [-0.2, -0.15) is 0 Å². The predicted molar refractivity (Wildman–Crippen MR) is 36.3 cm³/mol. The van der Waals surface area contributed by atoms with Crippen LogP contribution >= 0.6 is 11.6 Å². The van der Waals surface area contributed by atoms with Gasteiger partial charge < -0.3 is 5.32 Å². The van der Waals surface area contributed by atoms with Crippen LogP contribution in [-0.4, -0.2) is 19.0 Å². The molecule has 0 unspecified atom stereocenters. The largest absolute Gasteiger partial charge is 0.316 e.